The average molecular weight is 347 g/mol. The summed E-state index contributed by atoms with van der Waals surface area (Å²) >= 11 is 0. The molecule has 0 unspecified atom stereocenters. The van der Waals surface area contributed by atoms with Crippen molar-refractivity contribution >= 4 is 0 Å². The maximum Gasteiger partial charge on any atom is -0.0250 e. The van der Waals surface area contributed by atoms with Crippen molar-refractivity contribution in [3.05, 3.63) is 33.4 Å². The summed E-state index contributed by atoms with van der Waals surface area (Å²) in [4.78, 5) is 0. The molecule has 0 amide bonds. The highest BCUT2D eigenvalue weighted by molar-refractivity contribution is 5.53. The van der Waals surface area contributed by atoms with Crippen LogP contribution < -0.4 is 0 Å². The van der Waals surface area contributed by atoms with Crippen LogP contribution in [0.5, 0.6) is 0 Å². The van der Waals surface area contributed by atoms with Gasteiger partial charge < -0.3 is 0 Å². The van der Waals surface area contributed by atoms with E-state index in [-0.39, 0.29) is 7.43 Å². The van der Waals surface area contributed by atoms with E-state index in [1.54, 1.807) is 33.4 Å². The molecule has 1 aromatic carbocycles. The van der Waals surface area contributed by atoms with Crippen molar-refractivity contribution in [2.75, 3.05) is 0 Å². The summed E-state index contributed by atoms with van der Waals surface area (Å²) in [7, 11) is 0. The van der Waals surface area contributed by atoms with Gasteiger partial charge in [-0.3, -0.25) is 0 Å². The summed E-state index contributed by atoms with van der Waals surface area (Å²) in [5.41, 5.74) is 10.2. The highest BCUT2D eigenvalue weighted by atomic mass is 14.3. The Balaban J connectivity index is 0.00000576. The van der Waals surface area contributed by atoms with Gasteiger partial charge in [-0.25, -0.2) is 0 Å². The SMILES string of the molecule is C.CCc1c(CC(C)C)c(CC)c(CC(C)C)c(CC)c1CC(C)C. The minimum Gasteiger partial charge on any atom is -0.0776 e. The maximum atomic E-state index is 2.37. The molecule has 0 heterocycles. The van der Waals surface area contributed by atoms with Gasteiger partial charge in [0.2, 0.25) is 0 Å². The molecule has 0 N–H and O–H groups in total. The first-order valence-corrected chi connectivity index (χ1v) is 10.4. The molecular formula is C25H46. The molecule has 0 spiro atoms. The van der Waals surface area contributed by atoms with Crippen LogP contribution in [0.4, 0.5) is 0 Å². The van der Waals surface area contributed by atoms with Crippen molar-refractivity contribution in [1.82, 2.24) is 0 Å². The normalized spacial score (nSPS) is 11.5. The lowest BCUT2D eigenvalue weighted by Crippen LogP contribution is -2.17. The van der Waals surface area contributed by atoms with Crippen molar-refractivity contribution in [2.45, 2.75) is 108 Å². The molecule has 146 valence electrons. The van der Waals surface area contributed by atoms with E-state index in [0.29, 0.717) is 0 Å². The van der Waals surface area contributed by atoms with E-state index in [9.17, 15) is 0 Å². The van der Waals surface area contributed by atoms with E-state index in [1.165, 1.54) is 38.5 Å². The van der Waals surface area contributed by atoms with E-state index in [0.717, 1.165) is 17.8 Å². The third kappa shape index (κ3) is 6.15. The van der Waals surface area contributed by atoms with Crippen LogP contribution in [0.2, 0.25) is 0 Å². The standard InChI is InChI=1S/C24H42.CH4/c1-10-19-22(13-16(4)5)20(11-2)24(15-18(8)9)21(12-3)23(19)14-17(6)7;/h16-18H,10-15H2,1-9H3;1H4. The Morgan fingerprint density at radius 3 is 0.760 bits per heavy atom. The van der Waals surface area contributed by atoms with Crippen molar-refractivity contribution in [1.29, 1.82) is 0 Å². The second kappa shape index (κ2) is 11.0. The summed E-state index contributed by atoms with van der Waals surface area (Å²) in [6, 6.07) is 0. The average Bonchev–Trinajstić information content (AvgIpc) is 2.46. The molecule has 25 heavy (non-hydrogen) atoms. The second-order valence-electron chi connectivity index (χ2n) is 8.73. The smallest absolute Gasteiger partial charge is 0.0250 e. The fraction of sp³-hybridized carbons (Fsp3) is 0.760. The summed E-state index contributed by atoms with van der Waals surface area (Å²) < 4.78 is 0. The molecule has 0 saturated carbocycles. The van der Waals surface area contributed by atoms with Crippen LogP contribution in [-0.2, 0) is 38.5 Å². The van der Waals surface area contributed by atoms with Crippen LogP contribution in [0.25, 0.3) is 0 Å². The molecule has 0 aromatic heterocycles. The highest BCUT2D eigenvalue weighted by Crippen LogP contribution is 2.34. The number of hydrogen-bond acceptors (Lipinski definition) is 0. The Kier molecular flexibility index (Phi) is 10.7. The Labute approximate surface area is 159 Å². The summed E-state index contributed by atoms with van der Waals surface area (Å²) in [6.45, 7) is 21.3. The lowest BCUT2D eigenvalue weighted by atomic mass is 9.77. The molecule has 0 atom stereocenters. The largest absolute Gasteiger partial charge is 0.0776 e. The maximum absolute atomic E-state index is 2.37. The zero-order chi connectivity index (χ0) is 18.4. The fourth-order valence-electron chi connectivity index (χ4n) is 4.34. The lowest BCUT2D eigenvalue weighted by molar-refractivity contribution is 0.605. The molecule has 0 saturated heterocycles. The van der Waals surface area contributed by atoms with E-state index < -0.39 is 0 Å². The fourth-order valence-corrected chi connectivity index (χ4v) is 4.34. The number of hydrogen-bond donors (Lipinski definition) is 0. The van der Waals surface area contributed by atoms with Gasteiger partial charge in [-0.05, 0) is 89.7 Å². The Hall–Kier alpha value is -0.780. The zero-order valence-electron chi connectivity index (χ0n) is 18.0. The minimum atomic E-state index is 0. The van der Waals surface area contributed by atoms with Gasteiger partial charge in [-0.15, -0.1) is 0 Å². The molecule has 1 rings (SSSR count). The van der Waals surface area contributed by atoms with Crippen LogP contribution in [0.15, 0.2) is 0 Å². The quantitative estimate of drug-likeness (QED) is 0.431. The van der Waals surface area contributed by atoms with Gasteiger partial charge in [-0.1, -0.05) is 69.7 Å². The van der Waals surface area contributed by atoms with Gasteiger partial charge in [0.15, 0.2) is 0 Å². The monoisotopic (exact) mass is 346 g/mol. The van der Waals surface area contributed by atoms with Crippen LogP contribution in [0.3, 0.4) is 0 Å². The van der Waals surface area contributed by atoms with Crippen LogP contribution in [0.1, 0.15) is 103 Å². The van der Waals surface area contributed by atoms with E-state index in [2.05, 4.69) is 62.3 Å². The Morgan fingerprint density at radius 2 is 0.640 bits per heavy atom. The summed E-state index contributed by atoms with van der Waals surface area (Å²) in [5.74, 6) is 2.19. The molecule has 1 aromatic rings. The number of rotatable bonds is 9. The molecule has 0 bridgehead atoms. The van der Waals surface area contributed by atoms with Gasteiger partial charge in [0, 0.05) is 0 Å². The zero-order valence-corrected chi connectivity index (χ0v) is 18.0. The first-order valence-electron chi connectivity index (χ1n) is 10.4. The van der Waals surface area contributed by atoms with Gasteiger partial charge in [-0.2, -0.15) is 0 Å². The lowest BCUT2D eigenvalue weighted by Gasteiger charge is -2.28. The topological polar surface area (TPSA) is 0 Å². The van der Waals surface area contributed by atoms with Gasteiger partial charge >= 0.3 is 0 Å². The molecule has 0 aliphatic rings. The third-order valence-electron chi connectivity index (χ3n) is 5.08. The summed E-state index contributed by atoms with van der Waals surface area (Å²) in [6.07, 6.45) is 7.29. The van der Waals surface area contributed by atoms with Crippen molar-refractivity contribution in [3.8, 4) is 0 Å². The van der Waals surface area contributed by atoms with Crippen molar-refractivity contribution in [3.63, 3.8) is 0 Å². The van der Waals surface area contributed by atoms with Crippen molar-refractivity contribution < 1.29 is 0 Å². The first-order chi connectivity index (χ1) is 11.3. The molecular weight excluding hydrogens is 300 g/mol. The first kappa shape index (κ1) is 24.2. The predicted molar refractivity (Wildman–Crippen MR) is 117 cm³/mol. The van der Waals surface area contributed by atoms with E-state index in [4.69, 9.17) is 0 Å². The van der Waals surface area contributed by atoms with Gasteiger partial charge in [0.25, 0.3) is 0 Å². The van der Waals surface area contributed by atoms with Crippen molar-refractivity contribution in [2.24, 2.45) is 17.8 Å². The molecule has 0 radical (unpaired) electrons. The molecule has 0 aliphatic heterocycles. The summed E-state index contributed by atoms with van der Waals surface area (Å²) in [5, 5.41) is 0. The van der Waals surface area contributed by atoms with E-state index >= 15 is 0 Å². The Bertz CT molecular complexity index is 420. The predicted octanol–water partition coefficient (Wildman–Crippen LogP) is 7.61. The van der Waals surface area contributed by atoms with E-state index in [1.807, 2.05) is 0 Å². The molecule has 0 nitrogen and oxygen atoms in total. The molecule has 0 aliphatic carbocycles. The number of benzene rings is 1. The highest BCUT2D eigenvalue weighted by Gasteiger charge is 2.22. The Morgan fingerprint density at radius 1 is 0.440 bits per heavy atom. The molecule has 0 fully saturated rings. The van der Waals surface area contributed by atoms with Crippen LogP contribution >= 0.6 is 0 Å². The van der Waals surface area contributed by atoms with Gasteiger partial charge in [0.1, 0.15) is 0 Å². The molecule has 0 heteroatoms. The van der Waals surface area contributed by atoms with Gasteiger partial charge in [0.05, 0.1) is 0 Å². The minimum absolute atomic E-state index is 0. The second-order valence-corrected chi connectivity index (χ2v) is 8.73. The van der Waals surface area contributed by atoms with Crippen LogP contribution in [0, 0.1) is 17.8 Å². The van der Waals surface area contributed by atoms with Crippen LogP contribution in [-0.4, -0.2) is 0 Å². The third-order valence-corrected chi connectivity index (χ3v) is 5.08.